The minimum atomic E-state index is -0.107. The van der Waals surface area contributed by atoms with Crippen molar-refractivity contribution in [1.82, 2.24) is 5.32 Å². The Bertz CT molecular complexity index is 224. The summed E-state index contributed by atoms with van der Waals surface area (Å²) in [5.74, 6) is 0.706. The number of hydrogen-bond donors (Lipinski definition) is 1. The van der Waals surface area contributed by atoms with Crippen LogP contribution >= 0.6 is 0 Å². The topological polar surface area (TPSA) is 45.0 Å². The Labute approximate surface area is 80.4 Å². The molecule has 0 saturated heterocycles. The van der Waals surface area contributed by atoms with Gasteiger partial charge in [-0.15, -0.1) is 0 Å². The third-order valence-corrected chi connectivity index (χ3v) is 1.46. The molecule has 0 saturated carbocycles. The third kappa shape index (κ3) is 4.41. The molecule has 0 fully saturated rings. The van der Waals surface area contributed by atoms with Gasteiger partial charge in [0.2, 0.25) is 0 Å². The van der Waals surface area contributed by atoms with Crippen molar-refractivity contribution in [2.45, 2.75) is 39.7 Å². The second-order valence-corrected chi connectivity index (χ2v) is 3.84. The van der Waals surface area contributed by atoms with Crippen molar-refractivity contribution >= 4 is 0 Å². The third-order valence-electron chi connectivity index (χ3n) is 1.46. The van der Waals surface area contributed by atoms with E-state index in [9.17, 15) is 0 Å². The van der Waals surface area contributed by atoms with Crippen LogP contribution in [-0.2, 0) is 4.74 Å². The Kier molecular flexibility index (Phi) is 4.33. The number of nitriles is 1. The van der Waals surface area contributed by atoms with Gasteiger partial charge in [0, 0.05) is 12.0 Å². The Morgan fingerprint density at radius 2 is 2.00 bits per heavy atom. The number of allylic oxidation sites excluding steroid dienone is 2. The zero-order valence-electron chi connectivity index (χ0n) is 9.06. The first-order valence-corrected chi connectivity index (χ1v) is 4.40. The molecule has 0 radical (unpaired) electrons. The smallest absolute Gasteiger partial charge is 0.152 e. The quantitative estimate of drug-likeness (QED) is 0.537. The van der Waals surface area contributed by atoms with E-state index in [0.29, 0.717) is 11.5 Å². The zero-order valence-corrected chi connectivity index (χ0v) is 9.06. The molecule has 0 aromatic carbocycles. The molecule has 0 aliphatic heterocycles. The van der Waals surface area contributed by atoms with Crippen LogP contribution in [0.3, 0.4) is 0 Å². The van der Waals surface area contributed by atoms with Crippen LogP contribution in [0.4, 0.5) is 0 Å². The summed E-state index contributed by atoms with van der Waals surface area (Å²) in [6.07, 6.45) is 0.725. The Morgan fingerprint density at radius 1 is 1.46 bits per heavy atom. The summed E-state index contributed by atoms with van der Waals surface area (Å²) in [6, 6.07) is 2.10. The van der Waals surface area contributed by atoms with Crippen LogP contribution in [0.15, 0.2) is 11.5 Å². The van der Waals surface area contributed by atoms with Gasteiger partial charge in [0.15, 0.2) is 5.70 Å². The lowest BCUT2D eigenvalue weighted by atomic mass is 10.1. The lowest BCUT2D eigenvalue weighted by molar-refractivity contribution is 0.271. The predicted molar refractivity (Wildman–Crippen MR) is 52.8 cm³/mol. The van der Waals surface area contributed by atoms with E-state index in [4.69, 9.17) is 10.00 Å². The van der Waals surface area contributed by atoms with E-state index in [1.807, 2.05) is 27.7 Å². The van der Waals surface area contributed by atoms with E-state index >= 15 is 0 Å². The van der Waals surface area contributed by atoms with Crippen LogP contribution in [0.1, 0.15) is 34.1 Å². The molecule has 0 unspecified atom stereocenters. The van der Waals surface area contributed by atoms with Crippen LogP contribution in [0.25, 0.3) is 0 Å². The van der Waals surface area contributed by atoms with Crippen molar-refractivity contribution in [2.75, 3.05) is 7.11 Å². The fourth-order valence-corrected chi connectivity index (χ4v) is 0.958. The van der Waals surface area contributed by atoms with Gasteiger partial charge >= 0.3 is 0 Å². The van der Waals surface area contributed by atoms with E-state index in [-0.39, 0.29) is 5.54 Å². The lowest BCUT2D eigenvalue weighted by Gasteiger charge is -2.22. The van der Waals surface area contributed by atoms with Gasteiger partial charge in [-0.1, -0.05) is 6.92 Å². The number of ether oxygens (including phenoxy) is 1. The first-order chi connectivity index (χ1) is 5.94. The van der Waals surface area contributed by atoms with E-state index in [2.05, 4.69) is 11.4 Å². The van der Waals surface area contributed by atoms with Gasteiger partial charge in [-0.2, -0.15) is 5.26 Å². The van der Waals surface area contributed by atoms with Gasteiger partial charge in [0.25, 0.3) is 0 Å². The summed E-state index contributed by atoms with van der Waals surface area (Å²) in [5.41, 5.74) is 0.418. The molecule has 74 valence electrons. The van der Waals surface area contributed by atoms with Gasteiger partial charge < -0.3 is 10.1 Å². The molecule has 0 aromatic heterocycles. The van der Waals surface area contributed by atoms with Gasteiger partial charge in [-0.3, -0.25) is 0 Å². The standard InChI is InChI=1S/C10H18N2O/c1-6-9(13-5)8(7-11)12-10(2,3)4/h12H,6H2,1-5H3. The average Bonchev–Trinajstić information content (AvgIpc) is 2.02. The molecule has 0 rings (SSSR count). The summed E-state index contributed by atoms with van der Waals surface area (Å²) in [6.45, 7) is 7.98. The molecule has 0 amide bonds. The van der Waals surface area contributed by atoms with Gasteiger partial charge in [-0.05, 0) is 20.8 Å². The number of nitrogens with one attached hydrogen (secondary N) is 1. The minimum absolute atomic E-state index is 0.107. The molecule has 3 nitrogen and oxygen atoms in total. The largest absolute Gasteiger partial charge is 0.498 e. The van der Waals surface area contributed by atoms with Crippen LogP contribution in [0.5, 0.6) is 0 Å². The average molecular weight is 182 g/mol. The Balaban J connectivity index is 4.70. The first-order valence-electron chi connectivity index (χ1n) is 4.40. The number of nitrogens with zero attached hydrogens (tertiary/aromatic N) is 1. The monoisotopic (exact) mass is 182 g/mol. The second-order valence-electron chi connectivity index (χ2n) is 3.84. The molecule has 3 heteroatoms. The molecular formula is C10H18N2O. The molecule has 0 aliphatic carbocycles. The van der Waals surface area contributed by atoms with E-state index < -0.39 is 0 Å². The summed E-state index contributed by atoms with van der Waals surface area (Å²) >= 11 is 0. The Hall–Kier alpha value is -1.17. The maximum absolute atomic E-state index is 8.87. The fourth-order valence-electron chi connectivity index (χ4n) is 0.958. The molecule has 0 heterocycles. The van der Waals surface area contributed by atoms with Crippen LogP contribution in [-0.4, -0.2) is 12.6 Å². The maximum atomic E-state index is 8.87. The highest BCUT2D eigenvalue weighted by atomic mass is 16.5. The molecule has 1 N–H and O–H groups in total. The van der Waals surface area contributed by atoms with Crippen LogP contribution in [0, 0.1) is 11.3 Å². The predicted octanol–water partition coefficient (Wildman–Crippen LogP) is 2.17. The summed E-state index contributed by atoms with van der Waals surface area (Å²) in [7, 11) is 1.58. The summed E-state index contributed by atoms with van der Waals surface area (Å²) < 4.78 is 5.09. The zero-order chi connectivity index (χ0) is 10.5. The normalized spacial score (nSPS) is 12.9. The van der Waals surface area contributed by atoms with Crippen molar-refractivity contribution in [3.05, 3.63) is 11.5 Å². The summed E-state index contributed by atoms with van der Waals surface area (Å²) in [4.78, 5) is 0. The fraction of sp³-hybridized carbons (Fsp3) is 0.700. The number of methoxy groups -OCH3 is 1. The number of rotatable bonds is 3. The number of hydrogen-bond acceptors (Lipinski definition) is 3. The van der Waals surface area contributed by atoms with E-state index in [1.54, 1.807) is 7.11 Å². The van der Waals surface area contributed by atoms with Crippen molar-refractivity contribution in [3.8, 4) is 6.07 Å². The van der Waals surface area contributed by atoms with Gasteiger partial charge in [-0.25, -0.2) is 0 Å². The minimum Gasteiger partial charge on any atom is -0.498 e. The maximum Gasteiger partial charge on any atom is 0.152 e. The van der Waals surface area contributed by atoms with Gasteiger partial charge in [0.05, 0.1) is 7.11 Å². The van der Waals surface area contributed by atoms with Crippen molar-refractivity contribution < 1.29 is 4.74 Å². The molecule has 0 spiro atoms. The second kappa shape index (κ2) is 4.76. The first kappa shape index (κ1) is 11.8. The highest BCUT2D eigenvalue weighted by Crippen LogP contribution is 2.10. The highest BCUT2D eigenvalue weighted by Gasteiger charge is 2.14. The van der Waals surface area contributed by atoms with Crippen LogP contribution in [0.2, 0.25) is 0 Å². The molecule has 0 aromatic rings. The highest BCUT2D eigenvalue weighted by molar-refractivity contribution is 5.23. The van der Waals surface area contributed by atoms with Gasteiger partial charge in [0.1, 0.15) is 11.8 Å². The lowest BCUT2D eigenvalue weighted by Crippen LogP contribution is -2.35. The molecule has 0 aliphatic rings. The van der Waals surface area contributed by atoms with E-state index in [1.165, 1.54) is 0 Å². The van der Waals surface area contributed by atoms with E-state index in [0.717, 1.165) is 6.42 Å². The van der Waals surface area contributed by atoms with Crippen molar-refractivity contribution in [2.24, 2.45) is 0 Å². The van der Waals surface area contributed by atoms with Crippen molar-refractivity contribution in [1.29, 1.82) is 5.26 Å². The SMILES string of the molecule is CCC(OC)=C(C#N)NC(C)(C)C. The Morgan fingerprint density at radius 3 is 2.23 bits per heavy atom. The summed E-state index contributed by atoms with van der Waals surface area (Å²) in [5, 5.41) is 12.0. The van der Waals surface area contributed by atoms with Crippen molar-refractivity contribution in [3.63, 3.8) is 0 Å². The molecule has 13 heavy (non-hydrogen) atoms. The molecular weight excluding hydrogens is 164 g/mol. The molecule has 0 atom stereocenters. The van der Waals surface area contributed by atoms with Crippen LogP contribution < -0.4 is 5.32 Å². The molecule has 0 bridgehead atoms.